The molecule has 3 aromatic rings. The molecule has 0 radical (unpaired) electrons. The highest BCUT2D eigenvalue weighted by molar-refractivity contribution is 6.08. The first-order chi connectivity index (χ1) is 11.5. The van der Waals surface area contributed by atoms with Crippen LogP contribution in [0.15, 0.2) is 18.2 Å². The lowest BCUT2D eigenvalue weighted by Crippen LogP contribution is -2.19. The molecule has 0 saturated heterocycles. The molecular weight excluding hydrogens is 298 g/mol. The summed E-state index contributed by atoms with van der Waals surface area (Å²) in [6, 6.07) is 6.26. The van der Waals surface area contributed by atoms with E-state index in [-0.39, 0.29) is 0 Å². The molecule has 2 aromatic heterocycles. The summed E-state index contributed by atoms with van der Waals surface area (Å²) in [5.74, 6) is 1.93. The van der Waals surface area contributed by atoms with Crippen molar-refractivity contribution in [3.63, 3.8) is 0 Å². The molecule has 0 spiro atoms. The molecule has 0 unspecified atom stereocenters. The van der Waals surface area contributed by atoms with E-state index in [9.17, 15) is 0 Å². The second-order valence-electron chi connectivity index (χ2n) is 6.97. The normalized spacial score (nSPS) is 11.7. The van der Waals surface area contributed by atoms with E-state index in [1.807, 2.05) is 6.07 Å². The number of hydrogen-bond acceptors (Lipinski definition) is 4. The van der Waals surface area contributed by atoms with Gasteiger partial charge >= 0.3 is 0 Å². The minimum atomic E-state index is 0.491. The Balaban J connectivity index is 2.19. The van der Waals surface area contributed by atoms with E-state index in [1.54, 1.807) is 0 Å². The van der Waals surface area contributed by atoms with Crippen LogP contribution in [0.4, 0.5) is 11.8 Å². The van der Waals surface area contributed by atoms with Crippen molar-refractivity contribution in [3.05, 3.63) is 23.8 Å². The first-order valence-electron chi connectivity index (χ1n) is 8.79. The number of aromatic nitrogens is 3. The van der Waals surface area contributed by atoms with Crippen LogP contribution < -0.4 is 10.6 Å². The van der Waals surface area contributed by atoms with Gasteiger partial charge in [0.05, 0.1) is 11.0 Å². The predicted molar refractivity (Wildman–Crippen MR) is 103 cm³/mol. The molecule has 5 heteroatoms. The van der Waals surface area contributed by atoms with Gasteiger partial charge in [-0.15, -0.1) is 0 Å². The van der Waals surface area contributed by atoms with Crippen molar-refractivity contribution in [1.29, 1.82) is 0 Å². The number of H-pyrrole nitrogens is 1. The molecule has 0 atom stereocenters. The van der Waals surface area contributed by atoms with Gasteiger partial charge in [0.1, 0.15) is 5.52 Å². The number of rotatable bonds is 6. The molecule has 0 aliphatic heterocycles. The highest BCUT2D eigenvalue weighted by Crippen LogP contribution is 2.31. The van der Waals surface area contributed by atoms with Gasteiger partial charge in [-0.25, -0.2) is 9.97 Å². The molecule has 1 aromatic carbocycles. The van der Waals surface area contributed by atoms with Gasteiger partial charge in [-0.05, 0) is 30.4 Å². The Bertz CT molecular complexity index is 850. The standard InChI is InChI=1S/C19H27N5/c1-5-6-10-24(4)19-22-16-15-13(11-12(2)3)8-7-9-14(15)21-18(20)17(16)23-19/h7-9,12H,5-6,10-11H2,1-4H3,(H2,20,21)(H,22,23). The average Bonchev–Trinajstić information content (AvgIpc) is 2.98. The Morgan fingerprint density at radius 2 is 2.04 bits per heavy atom. The molecule has 0 aliphatic carbocycles. The number of fused-ring (bicyclic) bond motifs is 3. The SMILES string of the molecule is CCCCN(C)c1nc2c(N)nc3cccc(CC(C)C)c3c2[nH]1. The fourth-order valence-electron chi connectivity index (χ4n) is 3.17. The van der Waals surface area contributed by atoms with E-state index < -0.39 is 0 Å². The molecule has 5 nitrogen and oxygen atoms in total. The van der Waals surface area contributed by atoms with Crippen LogP contribution in [0.1, 0.15) is 39.2 Å². The summed E-state index contributed by atoms with van der Waals surface area (Å²) < 4.78 is 0. The summed E-state index contributed by atoms with van der Waals surface area (Å²) in [4.78, 5) is 15.0. The van der Waals surface area contributed by atoms with Crippen LogP contribution >= 0.6 is 0 Å². The molecule has 24 heavy (non-hydrogen) atoms. The van der Waals surface area contributed by atoms with Crippen molar-refractivity contribution in [2.75, 3.05) is 24.2 Å². The van der Waals surface area contributed by atoms with Crippen LogP contribution in [0.5, 0.6) is 0 Å². The molecule has 3 rings (SSSR count). The van der Waals surface area contributed by atoms with Gasteiger partial charge in [-0.3, -0.25) is 0 Å². The van der Waals surface area contributed by atoms with Crippen LogP contribution in [-0.4, -0.2) is 28.5 Å². The van der Waals surface area contributed by atoms with Crippen molar-refractivity contribution in [3.8, 4) is 0 Å². The van der Waals surface area contributed by atoms with Crippen LogP contribution in [0.25, 0.3) is 21.9 Å². The smallest absolute Gasteiger partial charge is 0.203 e. The maximum atomic E-state index is 6.18. The third kappa shape index (κ3) is 3.03. The van der Waals surface area contributed by atoms with Crippen LogP contribution in [0, 0.1) is 5.92 Å². The second kappa shape index (κ2) is 6.67. The number of aromatic amines is 1. The Hall–Kier alpha value is -2.30. The highest BCUT2D eigenvalue weighted by atomic mass is 15.2. The number of nitrogen functional groups attached to an aromatic ring is 1. The summed E-state index contributed by atoms with van der Waals surface area (Å²) in [6.07, 6.45) is 3.31. The van der Waals surface area contributed by atoms with Crippen molar-refractivity contribution in [2.24, 2.45) is 5.92 Å². The Morgan fingerprint density at radius 1 is 1.25 bits per heavy atom. The number of nitrogens with two attached hydrogens (primary N) is 1. The highest BCUT2D eigenvalue weighted by Gasteiger charge is 2.16. The zero-order valence-corrected chi connectivity index (χ0v) is 15.1. The van der Waals surface area contributed by atoms with Gasteiger partial charge in [0.25, 0.3) is 0 Å². The summed E-state index contributed by atoms with van der Waals surface area (Å²) >= 11 is 0. The lowest BCUT2D eigenvalue weighted by atomic mass is 9.98. The van der Waals surface area contributed by atoms with Crippen LogP contribution in [0.2, 0.25) is 0 Å². The van der Waals surface area contributed by atoms with Crippen molar-refractivity contribution in [2.45, 2.75) is 40.0 Å². The van der Waals surface area contributed by atoms with E-state index >= 15 is 0 Å². The van der Waals surface area contributed by atoms with Crippen molar-refractivity contribution >= 4 is 33.7 Å². The van der Waals surface area contributed by atoms with Crippen LogP contribution in [-0.2, 0) is 6.42 Å². The Kier molecular flexibility index (Phi) is 4.60. The number of unbranched alkanes of at least 4 members (excludes halogenated alkanes) is 1. The van der Waals surface area contributed by atoms with E-state index in [2.05, 4.69) is 54.8 Å². The molecule has 128 valence electrons. The fourth-order valence-corrected chi connectivity index (χ4v) is 3.17. The van der Waals surface area contributed by atoms with E-state index in [4.69, 9.17) is 10.7 Å². The number of nitrogens with one attached hydrogen (secondary N) is 1. The third-order valence-electron chi connectivity index (χ3n) is 4.39. The molecule has 0 fully saturated rings. The largest absolute Gasteiger partial charge is 0.382 e. The lowest BCUT2D eigenvalue weighted by Gasteiger charge is -2.14. The summed E-state index contributed by atoms with van der Waals surface area (Å²) in [7, 11) is 2.06. The zero-order chi connectivity index (χ0) is 17.3. The van der Waals surface area contributed by atoms with Gasteiger partial charge in [0.15, 0.2) is 5.82 Å². The molecule has 3 N–H and O–H groups in total. The van der Waals surface area contributed by atoms with Gasteiger partial charge in [0, 0.05) is 19.0 Å². The van der Waals surface area contributed by atoms with Gasteiger partial charge in [-0.1, -0.05) is 39.3 Å². The van der Waals surface area contributed by atoms with Gasteiger partial charge in [-0.2, -0.15) is 0 Å². The van der Waals surface area contributed by atoms with Crippen LogP contribution in [0.3, 0.4) is 0 Å². The van der Waals surface area contributed by atoms with Crippen molar-refractivity contribution < 1.29 is 0 Å². The molecule has 0 saturated carbocycles. The summed E-state index contributed by atoms with van der Waals surface area (Å²) in [5, 5.41) is 1.15. The molecule has 0 aliphatic rings. The van der Waals surface area contributed by atoms with Crippen molar-refractivity contribution in [1.82, 2.24) is 15.0 Å². The predicted octanol–water partition coefficient (Wildman–Crippen LogP) is 4.13. The van der Waals surface area contributed by atoms with Gasteiger partial charge < -0.3 is 15.6 Å². The number of pyridine rings is 1. The first kappa shape index (κ1) is 16.6. The molecule has 2 heterocycles. The molecule has 0 amide bonds. The first-order valence-corrected chi connectivity index (χ1v) is 8.79. The lowest BCUT2D eigenvalue weighted by molar-refractivity contribution is 0.650. The molecule has 0 bridgehead atoms. The van der Waals surface area contributed by atoms with E-state index in [0.29, 0.717) is 11.7 Å². The quantitative estimate of drug-likeness (QED) is 0.715. The Morgan fingerprint density at radius 3 is 2.75 bits per heavy atom. The molecular formula is C19H27N5. The number of imidazole rings is 1. The third-order valence-corrected chi connectivity index (χ3v) is 4.39. The number of hydrogen-bond donors (Lipinski definition) is 2. The monoisotopic (exact) mass is 325 g/mol. The number of anilines is 2. The zero-order valence-electron chi connectivity index (χ0n) is 15.1. The average molecular weight is 325 g/mol. The van der Waals surface area contributed by atoms with Gasteiger partial charge in [0.2, 0.25) is 5.95 Å². The minimum absolute atomic E-state index is 0.491. The second-order valence-corrected chi connectivity index (χ2v) is 6.97. The Labute approximate surface area is 143 Å². The minimum Gasteiger partial charge on any atom is -0.382 e. The summed E-state index contributed by atoms with van der Waals surface area (Å²) in [5.41, 5.74) is 10.2. The number of benzene rings is 1. The maximum Gasteiger partial charge on any atom is 0.203 e. The number of nitrogens with zero attached hydrogens (tertiary/aromatic N) is 3. The topological polar surface area (TPSA) is 70.8 Å². The fraction of sp³-hybridized carbons (Fsp3) is 0.474. The van der Waals surface area contributed by atoms with E-state index in [0.717, 1.165) is 53.7 Å². The maximum absolute atomic E-state index is 6.18. The summed E-state index contributed by atoms with van der Waals surface area (Å²) in [6.45, 7) is 7.63. The van der Waals surface area contributed by atoms with E-state index in [1.165, 1.54) is 5.56 Å².